The third-order valence-corrected chi connectivity index (χ3v) is 5.27. The summed E-state index contributed by atoms with van der Waals surface area (Å²) < 4.78 is 5.39. The highest BCUT2D eigenvalue weighted by Gasteiger charge is 2.16. The van der Waals surface area contributed by atoms with Crippen molar-refractivity contribution in [2.45, 2.75) is 0 Å². The van der Waals surface area contributed by atoms with Crippen LogP contribution in [0.1, 0.15) is 0 Å². The molecule has 0 spiro atoms. The number of aromatic hydroxyl groups is 1. The monoisotopic (exact) mass is 377 g/mol. The maximum absolute atomic E-state index is 10.4. The number of ether oxygens (including phenoxy) is 1. The predicted octanol–water partition coefficient (Wildman–Crippen LogP) is 3.16. The number of fused-ring (bicyclic) bond motifs is 2. The van der Waals surface area contributed by atoms with Crippen molar-refractivity contribution < 1.29 is 9.84 Å². The van der Waals surface area contributed by atoms with Gasteiger partial charge >= 0.3 is 0 Å². The first-order valence-corrected chi connectivity index (χ1v) is 9.62. The van der Waals surface area contributed by atoms with Crippen LogP contribution in [0.25, 0.3) is 33.3 Å². The van der Waals surface area contributed by atoms with E-state index in [9.17, 15) is 5.11 Å². The molecule has 0 atom stereocenters. The van der Waals surface area contributed by atoms with Gasteiger partial charge in [0, 0.05) is 42.8 Å². The van der Waals surface area contributed by atoms with Crippen LogP contribution in [0.3, 0.4) is 0 Å². The van der Waals surface area contributed by atoms with Crippen LogP contribution in [0.15, 0.2) is 42.5 Å². The highest BCUT2D eigenvalue weighted by atomic mass is 16.5. The molecule has 2 aromatic heterocycles. The molecule has 2 aromatic carbocycles. The number of aromatic amines is 2. The number of aromatic nitrogens is 3. The minimum atomic E-state index is 0.129. The summed E-state index contributed by atoms with van der Waals surface area (Å²) in [5, 5.41) is 14.8. The first-order chi connectivity index (χ1) is 13.8. The van der Waals surface area contributed by atoms with Gasteiger partial charge in [0.2, 0.25) is 5.88 Å². The number of anilines is 1. The molecule has 7 nitrogen and oxygen atoms in total. The van der Waals surface area contributed by atoms with Gasteiger partial charge in [0.05, 0.1) is 29.8 Å². The van der Waals surface area contributed by atoms with E-state index in [-0.39, 0.29) is 5.88 Å². The largest absolute Gasteiger partial charge is 0.494 e. The normalized spacial score (nSPS) is 15.4. The lowest BCUT2D eigenvalue weighted by Gasteiger charge is -2.26. The molecule has 7 heteroatoms. The molecular formula is C21H23N5O2. The molecule has 4 aromatic rings. The number of nitrogens with one attached hydrogen (secondary N) is 3. The number of hydrogen-bond donors (Lipinski definition) is 4. The lowest BCUT2D eigenvalue weighted by atomic mass is 10.1. The van der Waals surface area contributed by atoms with Gasteiger partial charge in [0.15, 0.2) is 0 Å². The molecule has 1 aliphatic rings. The fraction of sp³-hybridized carbons (Fsp3) is 0.286. The number of para-hydroxylation sites is 1. The van der Waals surface area contributed by atoms with Crippen LogP contribution in [-0.2, 0) is 4.74 Å². The number of H-pyrrole nitrogens is 2. The summed E-state index contributed by atoms with van der Waals surface area (Å²) in [5.74, 6) is 0.791. The predicted molar refractivity (Wildman–Crippen MR) is 111 cm³/mol. The Morgan fingerprint density at radius 1 is 1.07 bits per heavy atom. The van der Waals surface area contributed by atoms with Crippen molar-refractivity contribution in [3.05, 3.63) is 42.5 Å². The molecule has 0 unspecified atom stereocenters. The van der Waals surface area contributed by atoms with E-state index in [0.717, 1.165) is 67.0 Å². The molecule has 0 amide bonds. The molecule has 0 aliphatic carbocycles. The van der Waals surface area contributed by atoms with Crippen molar-refractivity contribution in [2.75, 3.05) is 44.7 Å². The molecule has 0 saturated carbocycles. The van der Waals surface area contributed by atoms with Gasteiger partial charge in [0.25, 0.3) is 0 Å². The van der Waals surface area contributed by atoms with Crippen molar-refractivity contribution in [3.8, 4) is 17.3 Å². The fourth-order valence-corrected chi connectivity index (χ4v) is 3.79. The Labute approximate surface area is 162 Å². The third-order valence-electron chi connectivity index (χ3n) is 5.27. The summed E-state index contributed by atoms with van der Waals surface area (Å²) >= 11 is 0. The van der Waals surface area contributed by atoms with Gasteiger partial charge in [-0.25, -0.2) is 4.98 Å². The van der Waals surface area contributed by atoms with Gasteiger partial charge in [-0.2, -0.15) is 0 Å². The van der Waals surface area contributed by atoms with E-state index < -0.39 is 0 Å². The van der Waals surface area contributed by atoms with E-state index in [2.05, 4.69) is 31.2 Å². The van der Waals surface area contributed by atoms with Crippen molar-refractivity contribution in [1.82, 2.24) is 19.9 Å². The van der Waals surface area contributed by atoms with Crippen LogP contribution in [0.2, 0.25) is 0 Å². The Morgan fingerprint density at radius 3 is 2.82 bits per heavy atom. The van der Waals surface area contributed by atoms with Gasteiger partial charge in [-0.15, -0.1) is 0 Å². The average molecular weight is 377 g/mol. The molecule has 1 saturated heterocycles. The fourth-order valence-electron chi connectivity index (χ4n) is 3.79. The zero-order valence-corrected chi connectivity index (χ0v) is 15.5. The van der Waals surface area contributed by atoms with Crippen molar-refractivity contribution >= 4 is 27.6 Å². The molecule has 3 heterocycles. The summed E-state index contributed by atoms with van der Waals surface area (Å²) in [6.07, 6.45) is 0. The Morgan fingerprint density at radius 2 is 1.93 bits per heavy atom. The zero-order valence-electron chi connectivity index (χ0n) is 15.5. The number of hydrogen-bond acceptors (Lipinski definition) is 5. The molecule has 5 rings (SSSR count). The summed E-state index contributed by atoms with van der Waals surface area (Å²) in [4.78, 5) is 13.4. The highest BCUT2D eigenvalue weighted by Crippen LogP contribution is 2.35. The second-order valence-corrected chi connectivity index (χ2v) is 7.09. The van der Waals surface area contributed by atoms with Crippen molar-refractivity contribution in [2.24, 2.45) is 0 Å². The summed E-state index contributed by atoms with van der Waals surface area (Å²) in [5.41, 5.74) is 4.46. The molecule has 1 fully saturated rings. The summed E-state index contributed by atoms with van der Waals surface area (Å²) in [6, 6.07) is 13.9. The lowest BCUT2D eigenvalue weighted by Crippen LogP contribution is -2.38. The smallest absolute Gasteiger partial charge is 0.200 e. The molecule has 28 heavy (non-hydrogen) atoms. The van der Waals surface area contributed by atoms with E-state index in [1.165, 1.54) is 0 Å². The Bertz CT molecular complexity index is 1110. The van der Waals surface area contributed by atoms with Crippen molar-refractivity contribution in [1.29, 1.82) is 0 Å². The van der Waals surface area contributed by atoms with Crippen LogP contribution in [0.5, 0.6) is 5.88 Å². The molecular weight excluding hydrogens is 354 g/mol. The maximum atomic E-state index is 10.4. The van der Waals surface area contributed by atoms with Gasteiger partial charge in [-0.3, -0.25) is 4.90 Å². The van der Waals surface area contributed by atoms with Crippen LogP contribution >= 0.6 is 0 Å². The van der Waals surface area contributed by atoms with Crippen LogP contribution in [-0.4, -0.2) is 64.4 Å². The first-order valence-electron chi connectivity index (χ1n) is 9.62. The van der Waals surface area contributed by atoms with Gasteiger partial charge in [0.1, 0.15) is 5.82 Å². The van der Waals surface area contributed by atoms with Gasteiger partial charge in [-0.1, -0.05) is 18.2 Å². The third kappa shape index (κ3) is 3.19. The summed E-state index contributed by atoms with van der Waals surface area (Å²) in [7, 11) is 0. The quantitative estimate of drug-likeness (QED) is 0.429. The SMILES string of the molecule is Oc1[nH]c2ccccc2c1-c1nc2ccc(NCCN3CCOCC3)cc2[nH]1. The van der Waals surface area contributed by atoms with E-state index in [1.54, 1.807) is 0 Å². The van der Waals surface area contributed by atoms with Crippen molar-refractivity contribution in [3.63, 3.8) is 0 Å². The van der Waals surface area contributed by atoms with Crippen LogP contribution < -0.4 is 5.32 Å². The number of imidazole rings is 1. The second kappa shape index (κ2) is 7.18. The molecule has 0 radical (unpaired) electrons. The Balaban J connectivity index is 1.37. The number of morpholine rings is 1. The molecule has 4 N–H and O–H groups in total. The number of benzene rings is 2. The number of rotatable bonds is 5. The van der Waals surface area contributed by atoms with E-state index >= 15 is 0 Å². The zero-order chi connectivity index (χ0) is 18.9. The molecule has 144 valence electrons. The highest BCUT2D eigenvalue weighted by molar-refractivity contribution is 5.98. The van der Waals surface area contributed by atoms with E-state index in [0.29, 0.717) is 11.4 Å². The molecule has 0 bridgehead atoms. The van der Waals surface area contributed by atoms with Gasteiger partial charge in [-0.05, 0) is 24.3 Å². The Kier molecular flexibility index (Phi) is 4.38. The van der Waals surface area contributed by atoms with E-state index in [4.69, 9.17) is 4.74 Å². The minimum absolute atomic E-state index is 0.129. The Hall–Kier alpha value is -3.03. The van der Waals surface area contributed by atoms with Gasteiger partial charge < -0.3 is 25.1 Å². The number of nitrogens with zero attached hydrogens (tertiary/aromatic N) is 2. The standard InChI is InChI=1S/C21H23N5O2/c27-21-19(15-3-1-2-4-16(15)25-21)20-23-17-6-5-14(13-18(17)24-20)22-7-8-26-9-11-28-12-10-26/h1-6,13,22,25,27H,7-12H2,(H,23,24). The maximum Gasteiger partial charge on any atom is 0.200 e. The average Bonchev–Trinajstić information content (AvgIpc) is 3.27. The van der Waals surface area contributed by atoms with Crippen LogP contribution in [0.4, 0.5) is 5.69 Å². The second-order valence-electron chi connectivity index (χ2n) is 7.09. The van der Waals surface area contributed by atoms with Crippen LogP contribution in [0, 0.1) is 0 Å². The first kappa shape index (κ1) is 17.1. The molecule has 1 aliphatic heterocycles. The minimum Gasteiger partial charge on any atom is -0.494 e. The topological polar surface area (TPSA) is 89.2 Å². The van der Waals surface area contributed by atoms with E-state index in [1.807, 2.05) is 36.4 Å². The summed E-state index contributed by atoms with van der Waals surface area (Å²) in [6.45, 7) is 5.53. The lowest BCUT2D eigenvalue weighted by molar-refractivity contribution is 0.0398.